The van der Waals surface area contributed by atoms with Gasteiger partial charge in [0.05, 0.1) is 0 Å². The third-order valence-corrected chi connectivity index (χ3v) is 14.0. The molecule has 0 bridgehead atoms. The van der Waals surface area contributed by atoms with Crippen molar-refractivity contribution in [1.82, 2.24) is 0 Å². The predicted molar refractivity (Wildman–Crippen MR) is 247 cm³/mol. The molecule has 1 saturated carbocycles. The maximum Gasteiger partial charge on any atom is 2.00 e. The quantitative estimate of drug-likeness (QED) is 0.0648. The molecule has 0 radical (unpaired) electrons. The molecule has 0 unspecified atom stereocenters. The summed E-state index contributed by atoms with van der Waals surface area (Å²) in [7, 11) is -0.892. The summed E-state index contributed by atoms with van der Waals surface area (Å²) in [5.74, 6) is 2.55. The van der Waals surface area contributed by atoms with Crippen LogP contribution in [0.15, 0.2) is 248 Å². The molecule has 0 aliphatic heterocycles. The predicted octanol–water partition coefficient (Wildman–Crippen LogP) is 11.5. The molecule has 0 saturated heterocycles. The minimum Gasteiger partial charge on any atom is -0.366 e. The van der Waals surface area contributed by atoms with Crippen molar-refractivity contribution in [2.75, 3.05) is 0 Å². The molecule has 0 heterocycles. The summed E-state index contributed by atoms with van der Waals surface area (Å²) in [6.45, 7) is 0. The summed E-state index contributed by atoms with van der Waals surface area (Å²) in [5.41, 5.74) is 3.53. The van der Waals surface area contributed by atoms with Gasteiger partial charge in [-0.2, -0.15) is 18.2 Å². The SMILES string of the molecule is [C-]#CC(=C1CCC1)c1ccccc1.[Ru+2].c1cc[cH-]c1.c1ccc(P(c2ccccc2)c2ccccc2)cc1.c1ccc(P(c2ccccc2)c2ccccc2)cc1. The Hall–Kier alpha value is -5.33. The van der Waals surface area contributed by atoms with Gasteiger partial charge in [-0.3, -0.25) is 5.92 Å². The molecule has 0 nitrogen and oxygen atoms in total. The van der Waals surface area contributed by atoms with Crippen LogP contribution >= 0.6 is 15.8 Å². The zero-order chi connectivity index (χ0) is 38.5. The Morgan fingerprint density at radius 2 is 0.649 bits per heavy atom. The van der Waals surface area contributed by atoms with E-state index in [0.29, 0.717) is 0 Å². The zero-order valence-electron chi connectivity index (χ0n) is 32.0. The molecule has 8 aromatic carbocycles. The van der Waals surface area contributed by atoms with Crippen LogP contribution in [-0.2, 0) is 19.5 Å². The zero-order valence-corrected chi connectivity index (χ0v) is 35.5. The van der Waals surface area contributed by atoms with Crippen LogP contribution in [0.4, 0.5) is 0 Å². The second-order valence-electron chi connectivity index (χ2n) is 13.0. The van der Waals surface area contributed by atoms with Gasteiger partial charge in [-0.1, -0.05) is 218 Å². The topological polar surface area (TPSA) is 0 Å². The van der Waals surface area contributed by atoms with Gasteiger partial charge in [0.15, 0.2) is 0 Å². The molecule has 1 fully saturated rings. The van der Waals surface area contributed by atoms with E-state index >= 15 is 0 Å². The molecule has 0 spiro atoms. The first-order valence-corrected chi connectivity index (χ1v) is 21.8. The van der Waals surface area contributed by atoms with Crippen molar-refractivity contribution in [3.05, 3.63) is 260 Å². The molecule has 9 rings (SSSR count). The average Bonchev–Trinajstić information content (AvgIpc) is 3.87. The van der Waals surface area contributed by atoms with Crippen molar-refractivity contribution in [2.45, 2.75) is 19.3 Å². The first kappa shape index (κ1) is 42.8. The molecule has 0 amide bonds. The van der Waals surface area contributed by atoms with Gasteiger partial charge in [0, 0.05) is 0 Å². The molecule has 0 N–H and O–H groups in total. The summed E-state index contributed by atoms with van der Waals surface area (Å²) in [6, 6.07) is 84.7. The minimum absolute atomic E-state index is 0. The number of hydrogen-bond acceptors (Lipinski definition) is 0. The third kappa shape index (κ3) is 13.1. The van der Waals surface area contributed by atoms with Crippen LogP contribution in [-0.4, -0.2) is 0 Å². The number of allylic oxidation sites excluding steroid dienone is 2. The van der Waals surface area contributed by atoms with Crippen LogP contribution in [0, 0.1) is 12.3 Å². The first-order chi connectivity index (χ1) is 27.8. The fourth-order valence-electron chi connectivity index (χ4n) is 6.25. The van der Waals surface area contributed by atoms with Crippen molar-refractivity contribution in [2.24, 2.45) is 0 Å². The van der Waals surface area contributed by atoms with Gasteiger partial charge in [-0.25, -0.2) is 12.1 Å². The second-order valence-corrected chi connectivity index (χ2v) is 17.4. The maximum atomic E-state index is 7.26. The molecule has 0 aromatic heterocycles. The van der Waals surface area contributed by atoms with E-state index in [-0.39, 0.29) is 19.5 Å². The number of rotatable bonds is 7. The molecular formula is C54H46P2Ru. The van der Waals surface area contributed by atoms with Crippen molar-refractivity contribution in [3.8, 4) is 5.92 Å². The van der Waals surface area contributed by atoms with Crippen LogP contribution in [0.5, 0.6) is 0 Å². The van der Waals surface area contributed by atoms with Gasteiger partial charge in [0.25, 0.3) is 0 Å². The van der Waals surface area contributed by atoms with Crippen LogP contribution in [0.25, 0.3) is 5.57 Å². The average molecular weight is 858 g/mol. The fraction of sp³-hybridized carbons (Fsp3) is 0.0556. The van der Waals surface area contributed by atoms with Gasteiger partial charge < -0.3 is 6.42 Å². The Bertz CT molecular complexity index is 1970. The van der Waals surface area contributed by atoms with E-state index in [1.54, 1.807) is 0 Å². The van der Waals surface area contributed by atoms with Crippen molar-refractivity contribution in [3.63, 3.8) is 0 Å². The van der Waals surface area contributed by atoms with Crippen LogP contribution < -0.4 is 31.8 Å². The van der Waals surface area contributed by atoms with Gasteiger partial charge >= 0.3 is 19.5 Å². The summed E-state index contributed by atoms with van der Waals surface area (Å²) in [6.07, 6.45) is 10.8. The van der Waals surface area contributed by atoms with Crippen molar-refractivity contribution >= 4 is 53.2 Å². The van der Waals surface area contributed by atoms with Crippen molar-refractivity contribution < 1.29 is 19.5 Å². The molecule has 0 atom stereocenters. The van der Waals surface area contributed by atoms with Gasteiger partial charge in [0.2, 0.25) is 0 Å². The molecule has 280 valence electrons. The smallest absolute Gasteiger partial charge is 0.366 e. The monoisotopic (exact) mass is 858 g/mol. The number of hydrogen-bond donors (Lipinski definition) is 0. The van der Waals surface area contributed by atoms with E-state index in [2.05, 4.69) is 188 Å². The molecule has 1 aliphatic rings. The Labute approximate surface area is 356 Å². The van der Waals surface area contributed by atoms with Crippen LogP contribution in [0.3, 0.4) is 0 Å². The fourth-order valence-corrected chi connectivity index (χ4v) is 10.9. The summed E-state index contributed by atoms with van der Waals surface area (Å²) < 4.78 is 0. The van der Waals surface area contributed by atoms with Gasteiger partial charge in [-0.15, -0.1) is 11.1 Å². The Morgan fingerprint density at radius 3 is 0.842 bits per heavy atom. The Balaban J connectivity index is 0.000000154. The normalized spacial score (nSPS) is 11.1. The summed E-state index contributed by atoms with van der Waals surface area (Å²) in [5, 5.41) is 8.39. The third-order valence-electron chi connectivity index (χ3n) is 9.14. The molecule has 3 heteroatoms. The summed E-state index contributed by atoms with van der Waals surface area (Å²) in [4.78, 5) is 0. The molecular weight excluding hydrogens is 812 g/mol. The first-order valence-electron chi connectivity index (χ1n) is 19.1. The molecule has 57 heavy (non-hydrogen) atoms. The van der Waals surface area contributed by atoms with E-state index in [1.807, 2.05) is 60.7 Å². The second kappa shape index (κ2) is 24.3. The van der Waals surface area contributed by atoms with E-state index in [4.69, 9.17) is 6.42 Å². The summed E-state index contributed by atoms with van der Waals surface area (Å²) >= 11 is 0. The van der Waals surface area contributed by atoms with E-state index in [0.717, 1.165) is 24.0 Å². The Kier molecular flexibility index (Phi) is 18.3. The van der Waals surface area contributed by atoms with E-state index in [1.165, 1.54) is 43.8 Å². The number of benzene rings is 7. The van der Waals surface area contributed by atoms with E-state index in [9.17, 15) is 0 Å². The Morgan fingerprint density at radius 1 is 0.386 bits per heavy atom. The largest absolute Gasteiger partial charge is 2.00 e. The van der Waals surface area contributed by atoms with Gasteiger partial charge in [-0.05, 0) is 66.9 Å². The maximum absolute atomic E-state index is 7.26. The van der Waals surface area contributed by atoms with E-state index < -0.39 is 15.8 Å². The van der Waals surface area contributed by atoms with Gasteiger partial charge in [0.1, 0.15) is 0 Å². The van der Waals surface area contributed by atoms with Crippen molar-refractivity contribution in [1.29, 1.82) is 0 Å². The minimum atomic E-state index is -0.446. The standard InChI is InChI=1S/2C18H15P.C13H11.C5H5.Ru/c2*1-4-10-16(11-5-1)19(17-12-6-2-7-13-17)18-14-8-3-9-15-18;1-2-13(12-9-6-10-12)11-7-4-3-5-8-11;1-2-4-5-3-1;/h2*1-15H;3-5,7-8H,6,9-10H2;1-5H;/q;;2*-1;+2. The molecule has 1 aliphatic carbocycles. The molecule has 8 aromatic rings. The van der Waals surface area contributed by atoms with Crippen LogP contribution in [0.2, 0.25) is 0 Å². The van der Waals surface area contributed by atoms with Crippen LogP contribution in [0.1, 0.15) is 24.8 Å².